The maximum atomic E-state index is 11.7. The maximum absolute atomic E-state index is 11.7. The highest BCUT2D eigenvalue weighted by Crippen LogP contribution is 2.24. The summed E-state index contributed by atoms with van der Waals surface area (Å²) in [6.07, 6.45) is 4.59. The molecule has 1 aliphatic rings. The Labute approximate surface area is 94.7 Å². The quantitative estimate of drug-likeness (QED) is 0.838. The third-order valence-electron chi connectivity index (χ3n) is 2.96. The molecular weight excluding hydrogens is 206 g/mol. The normalized spacial score (nSPS) is 16.9. The minimum atomic E-state index is 0.249. The molecule has 0 aliphatic heterocycles. The second kappa shape index (κ2) is 4.79. The van der Waals surface area contributed by atoms with Gasteiger partial charge in [-0.2, -0.15) is 0 Å². The Morgan fingerprint density at radius 2 is 2.20 bits per heavy atom. The van der Waals surface area contributed by atoms with E-state index in [-0.39, 0.29) is 11.8 Å². The van der Waals surface area contributed by atoms with Gasteiger partial charge >= 0.3 is 0 Å². The fraction of sp³-hybridized carbons (Fsp3) is 0.583. The van der Waals surface area contributed by atoms with Gasteiger partial charge in [0.1, 0.15) is 0 Å². The first-order valence-electron chi connectivity index (χ1n) is 5.59. The van der Waals surface area contributed by atoms with Crippen LogP contribution in [0.2, 0.25) is 0 Å². The summed E-state index contributed by atoms with van der Waals surface area (Å²) in [6.45, 7) is 2.79. The highest BCUT2D eigenvalue weighted by molar-refractivity contribution is 7.11. The number of nitrogens with one attached hydrogen (secondary N) is 1. The molecule has 1 saturated carbocycles. The summed E-state index contributed by atoms with van der Waals surface area (Å²) in [5.74, 6) is 0.532. The van der Waals surface area contributed by atoms with E-state index in [1.165, 1.54) is 22.6 Å². The van der Waals surface area contributed by atoms with E-state index >= 15 is 0 Å². The predicted molar refractivity (Wildman–Crippen MR) is 62.9 cm³/mol. The van der Waals surface area contributed by atoms with E-state index in [0.717, 1.165) is 12.8 Å². The van der Waals surface area contributed by atoms with Crippen molar-refractivity contribution in [2.45, 2.75) is 39.2 Å². The van der Waals surface area contributed by atoms with Crippen LogP contribution in [0.15, 0.2) is 12.1 Å². The molecule has 1 aliphatic carbocycles. The van der Waals surface area contributed by atoms with Crippen molar-refractivity contribution in [2.75, 3.05) is 0 Å². The Morgan fingerprint density at radius 3 is 2.80 bits per heavy atom. The van der Waals surface area contributed by atoms with Crippen LogP contribution >= 0.6 is 11.3 Å². The predicted octanol–water partition coefficient (Wildman–Crippen LogP) is 2.86. The van der Waals surface area contributed by atoms with Crippen LogP contribution in [0.3, 0.4) is 0 Å². The number of amides is 1. The van der Waals surface area contributed by atoms with E-state index in [1.54, 1.807) is 11.3 Å². The van der Waals surface area contributed by atoms with Gasteiger partial charge in [0.15, 0.2) is 0 Å². The molecule has 0 atom stereocenters. The van der Waals surface area contributed by atoms with Crippen LogP contribution in [-0.2, 0) is 11.3 Å². The summed E-state index contributed by atoms with van der Waals surface area (Å²) >= 11 is 1.76. The van der Waals surface area contributed by atoms with Gasteiger partial charge in [-0.3, -0.25) is 4.79 Å². The van der Waals surface area contributed by atoms with Gasteiger partial charge in [-0.1, -0.05) is 12.8 Å². The van der Waals surface area contributed by atoms with E-state index in [2.05, 4.69) is 24.4 Å². The molecular formula is C12H17NOS. The zero-order chi connectivity index (χ0) is 10.7. The first kappa shape index (κ1) is 10.7. The van der Waals surface area contributed by atoms with Crippen LogP contribution < -0.4 is 5.32 Å². The molecule has 0 radical (unpaired) electrons. The Bertz CT molecular complexity index is 339. The molecule has 0 aromatic carbocycles. The summed E-state index contributed by atoms with van der Waals surface area (Å²) in [6, 6.07) is 4.19. The van der Waals surface area contributed by atoms with Crippen LogP contribution in [0.4, 0.5) is 0 Å². The molecule has 1 aromatic heterocycles. The monoisotopic (exact) mass is 223 g/mol. The first-order chi connectivity index (χ1) is 7.25. The third-order valence-corrected chi connectivity index (χ3v) is 3.96. The average molecular weight is 223 g/mol. The third kappa shape index (κ3) is 2.81. The molecule has 1 amide bonds. The van der Waals surface area contributed by atoms with Crippen LogP contribution in [-0.4, -0.2) is 5.91 Å². The SMILES string of the molecule is Cc1ccc(CNC(=O)C2CCCC2)s1. The van der Waals surface area contributed by atoms with Gasteiger partial charge in [0.2, 0.25) is 5.91 Å². The summed E-state index contributed by atoms with van der Waals surface area (Å²) in [7, 11) is 0. The zero-order valence-electron chi connectivity index (χ0n) is 9.08. The van der Waals surface area contributed by atoms with Crippen LogP contribution in [0.25, 0.3) is 0 Å². The number of hydrogen-bond donors (Lipinski definition) is 1. The van der Waals surface area contributed by atoms with Crippen molar-refractivity contribution in [3.63, 3.8) is 0 Å². The fourth-order valence-corrected chi connectivity index (χ4v) is 2.92. The molecule has 1 heterocycles. The number of aryl methyl sites for hydroxylation is 1. The van der Waals surface area contributed by atoms with Crippen molar-refractivity contribution in [1.82, 2.24) is 5.32 Å². The molecule has 15 heavy (non-hydrogen) atoms. The summed E-state index contributed by atoms with van der Waals surface area (Å²) in [4.78, 5) is 14.3. The standard InChI is InChI=1S/C12H17NOS/c1-9-6-7-11(15-9)8-13-12(14)10-4-2-3-5-10/h6-7,10H,2-5,8H2,1H3,(H,13,14). The lowest BCUT2D eigenvalue weighted by atomic mass is 10.1. The molecule has 0 bridgehead atoms. The van der Waals surface area contributed by atoms with Crippen molar-refractivity contribution in [3.05, 3.63) is 21.9 Å². The van der Waals surface area contributed by atoms with Crippen LogP contribution in [0, 0.1) is 12.8 Å². The molecule has 1 N–H and O–H groups in total. The number of carbonyl (C=O) groups is 1. The number of rotatable bonds is 3. The van der Waals surface area contributed by atoms with E-state index in [0.29, 0.717) is 6.54 Å². The van der Waals surface area contributed by atoms with Crippen molar-refractivity contribution in [2.24, 2.45) is 5.92 Å². The molecule has 0 spiro atoms. The Balaban J connectivity index is 1.80. The summed E-state index contributed by atoms with van der Waals surface area (Å²) in [5, 5.41) is 3.03. The van der Waals surface area contributed by atoms with Crippen LogP contribution in [0.5, 0.6) is 0 Å². The summed E-state index contributed by atoms with van der Waals surface area (Å²) < 4.78 is 0. The first-order valence-corrected chi connectivity index (χ1v) is 6.40. The van der Waals surface area contributed by atoms with E-state index < -0.39 is 0 Å². The molecule has 0 unspecified atom stereocenters. The Morgan fingerprint density at radius 1 is 1.47 bits per heavy atom. The van der Waals surface area contributed by atoms with Gasteiger partial charge in [0.25, 0.3) is 0 Å². The van der Waals surface area contributed by atoms with Crippen molar-refractivity contribution >= 4 is 17.2 Å². The smallest absolute Gasteiger partial charge is 0.223 e. The van der Waals surface area contributed by atoms with Gasteiger partial charge < -0.3 is 5.32 Å². The lowest BCUT2D eigenvalue weighted by molar-refractivity contribution is -0.124. The maximum Gasteiger partial charge on any atom is 0.223 e. The molecule has 1 fully saturated rings. The molecule has 82 valence electrons. The lowest BCUT2D eigenvalue weighted by Gasteiger charge is -2.08. The van der Waals surface area contributed by atoms with E-state index in [4.69, 9.17) is 0 Å². The molecule has 2 rings (SSSR count). The van der Waals surface area contributed by atoms with Gasteiger partial charge in [-0.05, 0) is 31.9 Å². The second-order valence-corrected chi connectivity index (χ2v) is 5.58. The molecule has 1 aromatic rings. The highest BCUT2D eigenvalue weighted by Gasteiger charge is 2.22. The zero-order valence-corrected chi connectivity index (χ0v) is 9.90. The van der Waals surface area contributed by atoms with Gasteiger partial charge in [-0.15, -0.1) is 11.3 Å². The fourth-order valence-electron chi connectivity index (χ4n) is 2.09. The van der Waals surface area contributed by atoms with Gasteiger partial charge in [0, 0.05) is 15.7 Å². The largest absolute Gasteiger partial charge is 0.351 e. The van der Waals surface area contributed by atoms with E-state index in [9.17, 15) is 4.79 Å². The highest BCUT2D eigenvalue weighted by atomic mass is 32.1. The summed E-state index contributed by atoms with van der Waals surface area (Å²) in [5.41, 5.74) is 0. The second-order valence-electron chi connectivity index (χ2n) is 4.21. The lowest BCUT2D eigenvalue weighted by Crippen LogP contribution is -2.28. The van der Waals surface area contributed by atoms with Gasteiger partial charge in [0.05, 0.1) is 6.54 Å². The Kier molecular flexibility index (Phi) is 3.41. The number of thiophene rings is 1. The van der Waals surface area contributed by atoms with Gasteiger partial charge in [-0.25, -0.2) is 0 Å². The van der Waals surface area contributed by atoms with Crippen LogP contribution in [0.1, 0.15) is 35.4 Å². The molecule has 3 heteroatoms. The van der Waals surface area contributed by atoms with Crippen molar-refractivity contribution in [1.29, 1.82) is 0 Å². The topological polar surface area (TPSA) is 29.1 Å². The number of hydrogen-bond acceptors (Lipinski definition) is 2. The van der Waals surface area contributed by atoms with Crippen molar-refractivity contribution in [3.8, 4) is 0 Å². The van der Waals surface area contributed by atoms with E-state index in [1.807, 2.05) is 0 Å². The Hall–Kier alpha value is -0.830. The minimum absolute atomic E-state index is 0.249. The molecule has 0 saturated heterocycles. The minimum Gasteiger partial charge on any atom is -0.351 e. The van der Waals surface area contributed by atoms with Crippen molar-refractivity contribution < 1.29 is 4.79 Å². The number of carbonyl (C=O) groups excluding carboxylic acids is 1. The molecule has 2 nitrogen and oxygen atoms in total. The average Bonchev–Trinajstić information content (AvgIpc) is 2.84.